The number of H-pyrrole nitrogens is 1. The Balaban J connectivity index is 0.00000225. The number of aliphatic hydroxyl groups excluding tert-OH is 1. The Bertz CT molecular complexity index is 872. The molecule has 2 aromatic carbocycles. The number of hydrogen-bond acceptors (Lipinski definition) is 3. The van der Waals surface area contributed by atoms with Gasteiger partial charge in [-0.15, -0.1) is 12.4 Å². The minimum absolute atomic E-state index is 0. The van der Waals surface area contributed by atoms with Crippen molar-refractivity contribution in [3.05, 3.63) is 65.5 Å². The van der Waals surface area contributed by atoms with Gasteiger partial charge in [0.05, 0.1) is 17.1 Å². The SMILES string of the molecule is Cc1nc2cc(C(O)CCC3CCN(Cc4ccccc4)CC3)ccc2[nH]1.Cl. The minimum Gasteiger partial charge on any atom is -0.388 e. The summed E-state index contributed by atoms with van der Waals surface area (Å²) in [6.45, 7) is 5.34. The maximum Gasteiger partial charge on any atom is 0.104 e. The van der Waals surface area contributed by atoms with Crippen LogP contribution in [-0.4, -0.2) is 33.1 Å². The third-order valence-corrected chi connectivity index (χ3v) is 5.81. The lowest BCUT2D eigenvalue weighted by Crippen LogP contribution is -2.33. The van der Waals surface area contributed by atoms with Crippen LogP contribution in [0.2, 0.25) is 0 Å². The van der Waals surface area contributed by atoms with Crippen molar-refractivity contribution in [2.24, 2.45) is 5.92 Å². The molecule has 0 saturated carbocycles. The Morgan fingerprint density at radius 3 is 2.64 bits per heavy atom. The predicted octanol–water partition coefficient (Wildman–Crippen LogP) is 5.02. The van der Waals surface area contributed by atoms with Crippen LogP contribution in [0, 0.1) is 12.8 Å². The number of imidazole rings is 1. The number of hydrogen-bond donors (Lipinski definition) is 2. The van der Waals surface area contributed by atoms with E-state index in [-0.39, 0.29) is 12.4 Å². The maximum atomic E-state index is 10.6. The predicted molar refractivity (Wildman–Crippen MR) is 117 cm³/mol. The number of aliphatic hydroxyl groups is 1. The number of rotatable bonds is 6. The Morgan fingerprint density at radius 1 is 1.14 bits per heavy atom. The van der Waals surface area contributed by atoms with Crippen LogP contribution in [0.3, 0.4) is 0 Å². The summed E-state index contributed by atoms with van der Waals surface area (Å²) in [5, 5.41) is 10.6. The minimum atomic E-state index is -0.395. The van der Waals surface area contributed by atoms with Crippen LogP contribution in [0.15, 0.2) is 48.5 Å². The molecule has 5 heteroatoms. The summed E-state index contributed by atoms with van der Waals surface area (Å²) in [6.07, 6.45) is 4.00. The van der Waals surface area contributed by atoms with E-state index in [9.17, 15) is 5.11 Å². The first-order chi connectivity index (χ1) is 13.2. The lowest BCUT2D eigenvalue weighted by Gasteiger charge is -2.32. The smallest absolute Gasteiger partial charge is 0.104 e. The number of aryl methyl sites for hydroxylation is 1. The molecule has 0 radical (unpaired) electrons. The number of aromatic amines is 1. The van der Waals surface area contributed by atoms with Gasteiger partial charge in [0.2, 0.25) is 0 Å². The van der Waals surface area contributed by atoms with Crippen molar-refractivity contribution < 1.29 is 5.11 Å². The van der Waals surface area contributed by atoms with Crippen molar-refractivity contribution in [2.45, 2.75) is 45.3 Å². The second kappa shape index (κ2) is 9.55. The first-order valence-corrected chi connectivity index (χ1v) is 10.1. The highest BCUT2D eigenvalue weighted by Gasteiger charge is 2.20. The molecule has 1 aromatic heterocycles. The molecule has 1 saturated heterocycles. The number of nitrogens with zero attached hydrogens (tertiary/aromatic N) is 2. The van der Waals surface area contributed by atoms with Gasteiger partial charge in [0, 0.05) is 6.54 Å². The molecule has 0 aliphatic carbocycles. The summed E-state index contributed by atoms with van der Waals surface area (Å²) >= 11 is 0. The molecule has 3 aromatic rings. The van der Waals surface area contributed by atoms with E-state index in [1.807, 2.05) is 25.1 Å². The molecular formula is C23H30ClN3O. The van der Waals surface area contributed by atoms with E-state index in [0.29, 0.717) is 0 Å². The lowest BCUT2D eigenvalue weighted by molar-refractivity contribution is 0.132. The number of piperidine rings is 1. The van der Waals surface area contributed by atoms with Gasteiger partial charge in [-0.3, -0.25) is 4.90 Å². The topological polar surface area (TPSA) is 52.2 Å². The van der Waals surface area contributed by atoms with Gasteiger partial charge in [0.15, 0.2) is 0 Å². The van der Waals surface area contributed by atoms with E-state index in [1.54, 1.807) is 0 Å². The largest absolute Gasteiger partial charge is 0.388 e. The molecule has 4 rings (SSSR count). The summed E-state index contributed by atoms with van der Waals surface area (Å²) in [5.41, 5.74) is 4.36. The van der Waals surface area contributed by atoms with Gasteiger partial charge in [-0.2, -0.15) is 0 Å². The molecule has 1 atom stereocenters. The second-order valence-corrected chi connectivity index (χ2v) is 7.90. The first-order valence-electron chi connectivity index (χ1n) is 10.1. The van der Waals surface area contributed by atoms with Crippen molar-refractivity contribution in [3.63, 3.8) is 0 Å². The molecule has 150 valence electrons. The summed E-state index contributed by atoms with van der Waals surface area (Å²) < 4.78 is 0. The van der Waals surface area contributed by atoms with Gasteiger partial charge >= 0.3 is 0 Å². The number of fused-ring (bicyclic) bond motifs is 1. The average Bonchev–Trinajstić information content (AvgIpc) is 3.07. The number of nitrogens with one attached hydrogen (secondary N) is 1. The number of aromatic nitrogens is 2. The quantitative estimate of drug-likeness (QED) is 0.611. The molecule has 4 nitrogen and oxygen atoms in total. The zero-order valence-electron chi connectivity index (χ0n) is 16.5. The van der Waals surface area contributed by atoms with Crippen molar-refractivity contribution in [2.75, 3.05) is 13.1 Å². The van der Waals surface area contributed by atoms with E-state index in [4.69, 9.17) is 0 Å². The molecule has 0 spiro atoms. The first kappa shape index (κ1) is 20.8. The van der Waals surface area contributed by atoms with Crippen LogP contribution in [0.1, 0.15) is 48.7 Å². The molecule has 2 heterocycles. The zero-order chi connectivity index (χ0) is 18.6. The molecule has 2 N–H and O–H groups in total. The third-order valence-electron chi connectivity index (χ3n) is 5.81. The molecule has 1 fully saturated rings. The molecule has 1 aliphatic heterocycles. The Morgan fingerprint density at radius 2 is 1.89 bits per heavy atom. The fourth-order valence-corrected chi connectivity index (χ4v) is 4.19. The van der Waals surface area contributed by atoms with E-state index < -0.39 is 6.10 Å². The highest BCUT2D eigenvalue weighted by molar-refractivity contribution is 5.85. The lowest BCUT2D eigenvalue weighted by atomic mass is 9.89. The number of benzene rings is 2. The molecule has 1 aliphatic rings. The van der Waals surface area contributed by atoms with E-state index in [0.717, 1.165) is 60.8 Å². The average molecular weight is 400 g/mol. The van der Waals surface area contributed by atoms with Gasteiger partial charge in [-0.05, 0) is 74.9 Å². The highest BCUT2D eigenvalue weighted by atomic mass is 35.5. The fourth-order valence-electron chi connectivity index (χ4n) is 4.19. The van der Waals surface area contributed by atoms with E-state index >= 15 is 0 Å². The van der Waals surface area contributed by atoms with Crippen molar-refractivity contribution in [1.29, 1.82) is 0 Å². The third kappa shape index (κ3) is 5.13. The van der Waals surface area contributed by atoms with Crippen LogP contribution in [0.5, 0.6) is 0 Å². The molecule has 28 heavy (non-hydrogen) atoms. The second-order valence-electron chi connectivity index (χ2n) is 7.90. The standard InChI is InChI=1S/C23H29N3O.ClH/c1-17-24-21-9-8-20(15-22(21)25-17)23(27)10-7-18-11-13-26(14-12-18)16-19-5-3-2-4-6-19;/h2-6,8-9,15,18,23,27H,7,10-14,16H2,1H3,(H,24,25);1H. The molecular weight excluding hydrogens is 370 g/mol. The summed E-state index contributed by atoms with van der Waals surface area (Å²) in [6, 6.07) is 16.8. The van der Waals surface area contributed by atoms with Crippen LogP contribution < -0.4 is 0 Å². The normalized spacial score (nSPS) is 16.8. The Kier molecular flexibility index (Phi) is 7.11. The van der Waals surface area contributed by atoms with Crippen LogP contribution in [-0.2, 0) is 6.54 Å². The van der Waals surface area contributed by atoms with E-state index in [1.165, 1.54) is 18.4 Å². The number of halogens is 1. The zero-order valence-corrected chi connectivity index (χ0v) is 17.3. The monoisotopic (exact) mass is 399 g/mol. The fraction of sp³-hybridized carbons (Fsp3) is 0.435. The summed E-state index contributed by atoms with van der Waals surface area (Å²) in [5.74, 6) is 1.64. The van der Waals surface area contributed by atoms with Crippen LogP contribution in [0.4, 0.5) is 0 Å². The van der Waals surface area contributed by atoms with Gasteiger partial charge in [0.1, 0.15) is 5.82 Å². The van der Waals surface area contributed by atoms with E-state index in [2.05, 4.69) is 45.2 Å². The van der Waals surface area contributed by atoms with Crippen molar-refractivity contribution >= 4 is 23.4 Å². The Hall–Kier alpha value is -1.88. The molecule has 0 amide bonds. The van der Waals surface area contributed by atoms with Crippen LogP contribution >= 0.6 is 12.4 Å². The Labute approximate surface area is 173 Å². The van der Waals surface area contributed by atoms with Gasteiger partial charge in [-0.1, -0.05) is 36.4 Å². The number of likely N-dealkylation sites (tertiary alicyclic amines) is 1. The van der Waals surface area contributed by atoms with Crippen molar-refractivity contribution in [3.8, 4) is 0 Å². The summed E-state index contributed by atoms with van der Waals surface area (Å²) in [7, 11) is 0. The maximum absolute atomic E-state index is 10.6. The van der Waals surface area contributed by atoms with Gasteiger partial charge in [-0.25, -0.2) is 4.98 Å². The van der Waals surface area contributed by atoms with Crippen molar-refractivity contribution in [1.82, 2.24) is 14.9 Å². The molecule has 1 unspecified atom stereocenters. The highest BCUT2D eigenvalue weighted by Crippen LogP contribution is 2.28. The summed E-state index contributed by atoms with van der Waals surface area (Å²) in [4.78, 5) is 10.3. The van der Waals surface area contributed by atoms with Crippen LogP contribution in [0.25, 0.3) is 11.0 Å². The van der Waals surface area contributed by atoms with Gasteiger partial charge < -0.3 is 10.1 Å². The molecule has 0 bridgehead atoms. The van der Waals surface area contributed by atoms with Gasteiger partial charge in [0.25, 0.3) is 0 Å².